The summed E-state index contributed by atoms with van der Waals surface area (Å²) >= 11 is 0. The van der Waals surface area contributed by atoms with E-state index in [9.17, 15) is 18.0 Å². The lowest BCUT2D eigenvalue weighted by Crippen LogP contribution is -2.28. The predicted octanol–water partition coefficient (Wildman–Crippen LogP) is 4.06. The van der Waals surface area contributed by atoms with Gasteiger partial charge in [0.2, 0.25) is 5.91 Å². The van der Waals surface area contributed by atoms with Crippen LogP contribution in [0, 0.1) is 0 Å². The number of aryl methyl sites for hydroxylation is 1. The Morgan fingerprint density at radius 1 is 1.28 bits per heavy atom. The van der Waals surface area contributed by atoms with Crippen molar-refractivity contribution in [2.75, 3.05) is 14.2 Å². The zero-order valence-electron chi connectivity index (χ0n) is 16.5. The third-order valence-corrected chi connectivity index (χ3v) is 4.93. The van der Waals surface area contributed by atoms with E-state index in [1.165, 1.54) is 11.8 Å². The van der Waals surface area contributed by atoms with E-state index in [-0.39, 0.29) is 30.8 Å². The average molecular weight is 411 g/mol. The van der Waals surface area contributed by atoms with E-state index in [0.717, 1.165) is 24.5 Å². The number of hydrogen-bond acceptors (Lipinski definition) is 4. The molecule has 29 heavy (non-hydrogen) atoms. The maximum Gasteiger partial charge on any atom is 0.435 e. The summed E-state index contributed by atoms with van der Waals surface area (Å²) in [6, 6.07) is 6.02. The second kappa shape index (κ2) is 8.34. The highest BCUT2D eigenvalue weighted by Crippen LogP contribution is 2.42. The van der Waals surface area contributed by atoms with Gasteiger partial charge >= 0.3 is 6.18 Å². The van der Waals surface area contributed by atoms with Gasteiger partial charge in [0.1, 0.15) is 11.5 Å². The summed E-state index contributed by atoms with van der Waals surface area (Å²) in [5.41, 5.74) is 0.388. The van der Waals surface area contributed by atoms with Crippen molar-refractivity contribution < 1.29 is 27.4 Å². The number of carbonyl (C=O) groups is 1. The third-order valence-electron chi connectivity index (χ3n) is 4.93. The minimum absolute atomic E-state index is 0.0231. The molecule has 1 aromatic carbocycles. The van der Waals surface area contributed by atoms with Crippen LogP contribution in [-0.2, 0) is 17.5 Å². The van der Waals surface area contributed by atoms with E-state index in [1.54, 1.807) is 32.2 Å². The first-order valence-corrected chi connectivity index (χ1v) is 9.39. The molecule has 1 saturated carbocycles. The van der Waals surface area contributed by atoms with E-state index in [0.29, 0.717) is 17.2 Å². The molecule has 1 N–H and O–H groups in total. The van der Waals surface area contributed by atoms with Crippen LogP contribution in [0.4, 0.5) is 13.2 Å². The standard InChI is InChI=1S/C20H24F3N3O3/c1-12(15-10-14(28-2)6-7-17(15)29-3)24-19(27)8-9-26-16(13-4-5-13)11-18(25-26)20(21,22)23/h6-7,10-13H,4-5,8-9H2,1-3H3,(H,24,27). The molecule has 2 aromatic rings. The zero-order chi connectivity index (χ0) is 21.2. The summed E-state index contributed by atoms with van der Waals surface area (Å²) in [4.78, 5) is 12.4. The number of rotatable bonds is 8. The fourth-order valence-corrected chi connectivity index (χ4v) is 3.23. The molecular weight excluding hydrogens is 387 g/mol. The Morgan fingerprint density at radius 3 is 2.59 bits per heavy atom. The Morgan fingerprint density at radius 2 is 2.00 bits per heavy atom. The fraction of sp³-hybridized carbons (Fsp3) is 0.500. The number of nitrogens with zero attached hydrogens (tertiary/aromatic N) is 2. The first-order valence-electron chi connectivity index (χ1n) is 9.39. The van der Waals surface area contributed by atoms with Gasteiger partial charge in [-0.3, -0.25) is 9.48 Å². The van der Waals surface area contributed by atoms with Crippen LogP contribution in [0.5, 0.6) is 11.5 Å². The monoisotopic (exact) mass is 411 g/mol. The SMILES string of the molecule is COc1ccc(OC)c(C(C)NC(=O)CCn2nc(C(F)(F)F)cc2C2CC2)c1. The highest BCUT2D eigenvalue weighted by atomic mass is 19.4. The van der Waals surface area contributed by atoms with E-state index < -0.39 is 11.9 Å². The molecule has 0 saturated heterocycles. The molecule has 0 bridgehead atoms. The van der Waals surface area contributed by atoms with Gasteiger partial charge in [-0.2, -0.15) is 18.3 Å². The van der Waals surface area contributed by atoms with E-state index >= 15 is 0 Å². The largest absolute Gasteiger partial charge is 0.497 e. The molecule has 6 nitrogen and oxygen atoms in total. The van der Waals surface area contributed by atoms with Crippen LogP contribution < -0.4 is 14.8 Å². The van der Waals surface area contributed by atoms with Crippen molar-refractivity contribution in [2.45, 2.75) is 50.9 Å². The average Bonchev–Trinajstić information content (AvgIpc) is 3.43. The van der Waals surface area contributed by atoms with Crippen LogP contribution in [0.1, 0.15) is 55.1 Å². The molecule has 1 unspecified atom stereocenters. The molecule has 1 amide bonds. The van der Waals surface area contributed by atoms with Crippen molar-refractivity contribution in [1.82, 2.24) is 15.1 Å². The van der Waals surface area contributed by atoms with Crippen LogP contribution in [-0.4, -0.2) is 29.9 Å². The van der Waals surface area contributed by atoms with Gasteiger partial charge in [-0.05, 0) is 44.0 Å². The topological polar surface area (TPSA) is 65.4 Å². The highest BCUT2D eigenvalue weighted by Gasteiger charge is 2.37. The van der Waals surface area contributed by atoms with E-state index in [1.807, 2.05) is 0 Å². The quantitative estimate of drug-likeness (QED) is 0.711. The summed E-state index contributed by atoms with van der Waals surface area (Å²) in [5, 5.41) is 6.53. The molecule has 1 aliphatic carbocycles. The van der Waals surface area contributed by atoms with Gasteiger partial charge < -0.3 is 14.8 Å². The number of amides is 1. The molecule has 0 spiro atoms. The van der Waals surface area contributed by atoms with Crippen LogP contribution >= 0.6 is 0 Å². The Labute approximate surface area is 167 Å². The lowest BCUT2D eigenvalue weighted by Gasteiger charge is -2.18. The van der Waals surface area contributed by atoms with Crippen LogP contribution in [0.15, 0.2) is 24.3 Å². The van der Waals surface area contributed by atoms with Crippen molar-refractivity contribution in [2.24, 2.45) is 0 Å². The number of methoxy groups -OCH3 is 2. The van der Waals surface area contributed by atoms with Gasteiger partial charge in [0, 0.05) is 30.1 Å². The van der Waals surface area contributed by atoms with Crippen molar-refractivity contribution in [3.05, 3.63) is 41.2 Å². The second-order valence-corrected chi connectivity index (χ2v) is 7.10. The number of ether oxygens (including phenoxy) is 2. The Balaban J connectivity index is 1.65. The van der Waals surface area contributed by atoms with E-state index in [2.05, 4.69) is 10.4 Å². The molecule has 1 atom stereocenters. The molecular formula is C20H24F3N3O3. The maximum atomic E-state index is 13.0. The predicted molar refractivity (Wildman–Crippen MR) is 99.9 cm³/mol. The molecule has 1 aliphatic rings. The maximum absolute atomic E-state index is 13.0. The number of benzene rings is 1. The molecule has 0 aliphatic heterocycles. The van der Waals surface area contributed by atoms with Crippen LogP contribution in [0.3, 0.4) is 0 Å². The number of halogens is 3. The normalized spacial score (nSPS) is 15.1. The number of carbonyl (C=O) groups excluding carboxylic acids is 1. The summed E-state index contributed by atoms with van der Waals surface area (Å²) in [6.07, 6.45) is -2.77. The summed E-state index contributed by atoms with van der Waals surface area (Å²) < 4.78 is 50.8. The summed E-state index contributed by atoms with van der Waals surface area (Å²) in [6.45, 7) is 1.90. The minimum Gasteiger partial charge on any atom is -0.497 e. The molecule has 1 aromatic heterocycles. The first kappa shape index (κ1) is 21.0. The number of aromatic nitrogens is 2. The Kier molecular flexibility index (Phi) is 6.04. The molecule has 158 valence electrons. The van der Waals surface area contributed by atoms with Crippen molar-refractivity contribution in [1.29, 1.82) is 0 Å². The second-order valence-electron chi connectivity index (χ2n) is 7.10. The summed E-state index contributed by atoms with van der Waals surface area (Å²) in [7, 11) is 3.08. The van der Waals surface area contributed by atoms with Gasteiger partial charge in [-0.1, -0.05) is 0 Å². The minimum atomic E-state index is -4.49. The van der Waals surface area contributed by atoms with Crippen LogP contribution in [0.2, 0.25) is 0 Å². The van der Waals surface area contributed by atoms with Gasteiger partial charge in [0.25, 0.3) is 0 Å². The summed E-state index contributed by atoms with van der Waals surface area (Å²) in [5.74, 6) is 1.05. The number of hydrogen-bond donors (Lipinski definition) is 1. The lowest BCUT2D eigenvalue weighted by molar-refractivity contribution is -0.141. The first-order chi connectivity index (χ1) is 13.7. The molecule has 1 fully saturated rings. The van der Waals surface area contributed by atoms with Crippen LogP contribution in [0.25, 0.3) is 0 Å². The van der Waals surface area contributed by atoms with Crippen molar-refractivity contribution >= 4 is 5.91 Å². The van der Waals surface area contributed by atoms with Gasteiger partial charge in [0.15, 0.2) is 5.69 Å². The van der Waals surface area contributed by atoms with Gasteiger partial charge in [-0.25, -0.2) is 0 Å². The molecule has 9 heteroatoms. The zero-order valence-corrected chi connectivity index (χ0v) is 16.5. The van der Waals surface area contributed by atoms with Gasteiger partial charge in [0.05, 0.1) is 20.3 Å². The number of alkyl halides is 3. The lowest BCUT2D eigenvalue weighted by atomic mass is 10.1. The Bertz CT molecular complexity index is 876. The van der Waals surface area contributed by atoms with Crippen molar-refractivity contribution in [3.8, 4) is 11.5 Å². The van der Waals surface area contributed by atoms with Gasteiger partial charge in [-0.15, -0.1) is 0 Å². The molecule has 1 heterocycles. The van der Waals surface area contributed by atoms with Crippen molar-refractivity contribution in [3.63, 3.8) is 0 Å². The third kappa shape index (κ3) is 5.02. The number of nitrogens with one attached hydrogen (secondary N) is 1. The molecule has 0 radical (unpaired) electrons. The smallest absolute Gasteiger partial charge is 0.435 e. The Hall–Kier alpha value is -2.71. The highest BCUT2D eigenvalue weighted by molar-refractivity contribution is 5.76. The fourth-order valence-electron chi connectivity index (χ4n) is 3.23. The van der Waals surface area contributed by atoms with E-state index in [4.69, 9.17) is 9.47 Å². The molecule has 3 rings (SSSR count).